The van der Waals surface area contributed by atoms with Crippen LogP contribution in [0.25, 0.3) is 0 Å². The first kappa shape index (κ1) is 15.6. The van der Waals surface area contributed by atoms with Gasteiger partial charge in [-0.25, -0.2) is 0 Å². The van der Waals surface area contributed by atoms with E-state index in [0.29, 0.717) is 12.8 Å². The normalized spacial score (nSPS) is 26.8. The van der Waals surface area contributed by atoms with E-state index < -0.39 is 19.6 Å². The third-order valence-electron chi connectivity index (χ3n) is 3.62. The summed E-state index contributed by atoms with van der Waals surface area (Å²) in [5, 5.41) is 8.76. The Hall–Kier alpha value is -0.420. The Kier molecular flexibility index (Phi) is 5.79. The van der Waals surface area contributed by atoms with E-state index in [0.717, 1.165) is 25.7 Å². The number of carboxylic acid groups (broad SMARTS) is 1. The highest BCUT2D eigenvalue weighted by atomic mass is 31.2. The Labute approximate surface area is 107 Å². The van der Waals surface area contributed by atoms with E-state index in [1.807, 2.05) is 0 Å². The largest absolute Gasteiger partial charge is 0.480 e. The van der Waals surface area contributed by atoms with Gasteiger partial charge in [0.15, 0.2) is 0 Å². The second kappa shape index (κ2) is 6.66. The monoisotopic (exact) mass is 279 g/mol. The van der Waals surface area contributed by atoms with Crippen LogP contribution in [0, 0.1) is 11.8 Å². The Bertz CT molecular complexity index is 329. The van der Waals surface area contributed by atoms with Crippen molar-refractivity contribution in [2.24, 2.45) is 17.6 Å². The number of rotatable bonds is 6. The summed E-state index contributed by atoms with van der Waals surface area (Å²) in [7, 11) is -3.91. The highest BCUT2D eigenvalue weighted by Gasteiger charge is 2.27. The molecule has 1 aliphatic rings. The Balaban J connectivity index is 2.36. The summed E-state index contributed by atoms with van der Waals surface area (Å²) in [6, 6.07) is -0.824. The quantitative estimate of drug-likeness (QED) is 0.541. The molecule has 0 spiro atoms. The molecule has 0 aromatic rings. The van der Waals surface area contributed by atoms with Crippen LogP contribution in [0.2, 0.25) is 0 Å². The molecule has 3 atom stereocenters. The van der Waals surface area contributed by atoms with Gasteiger partial charge in [-0.1, -0.05) is 19.3 Å². The molecule has 18 heavy (non-hydrogen) atoms. The molecule has 0 aromatic heterocycles. The van der Waals surface area contributed by atoms with Gasteiger partial charge in [0.2, 0.25) is 0 Å². The smallest absolute Gasteiger partial charge is 0.325 e. The van der Waals surface area contributed by atoms with Gasteiger partial charge in [0.1, 0.15) is 6.04 Å². The van der Waals surface area contributed by atoms with Gasteiger partial charge in [0.25, 0.3) is 0 Å². The van der Waals surface area contributed by atoms with Crippen LogP contribution >= 0.6 is 7.60 Å². The predicted molar refractivity (Wildman–Crippen MR) is 67.2 cm³/mol. The molecule has 5 N–H and O–H groups in total. The van der Waals surface area contributed by atoms with Crippen LogP contribution in [0.1, 0.15) is 38.5 Å². The summed E-state index contributed by atoms with van der Waals surface area (Å²) in [4.78, 5) is 28.4. The van der Waals surface area contributed by atoms with Gasteiger partial charge in [0.05, 0.1) is 6.16 Å². The molecule has 0 heterocycles. The zero-order chi connectivity index (χ0) is 13.8. The third kappa shape index (κ3) is 5.96. The molecule has 0 bridgehead atoms. The van der Waals surface area contributed by atoms with Gasteiger partial charge >= 0.3 is 13.6 Å². The van der Waals surface area contributed by atoms with Crippen LogP contribution in [0.5, 0.6) is 0 Å². The van der Waals surface area contributed by atoms with Crippen LogP contribution in [-0.4, -0.2) is 33.1 Å². The van der Waals surface area contributed by atoms with Gasteiger partial charge < -0.3 is 20.6 Å². The summed E-state index contributed by atoms with van der Waals surface area (Å²) in [6.07, 6.45) is 4.66. The Morgan fingerprint density at radius 2 is 1.94 bits per heavy atom. The average molecular weight is 279 g/mol. The lowest BCUT2D eigenvalue weighted by Crippen LogP contribution is -2.33. The summed E-state index contributed by atoms with van der Waals surface area (Å²) in [5.41, 5.74) is 5.51. The van der Waals surface area contributed by atoms with E-state index in [1.165, 1.54) is 0 Å². The van der Waals surface area contributed by atoms with E-state index >= 15 is 0 Å². The number of carboxylic acids is 1. The van der Waals surface area contributed by atoms with Crippen LogP contribution in [-0.2, 0) is 9.36 Å². The lowest BCUT2D eigenvalue weighted by atomic mass is 9.77. The van der Waals surface area contributed by atoms with Crippen molar-refractivity contribution < 1.29 is 24.3 Å². The molecular formula is C11H22NO5P. The van der Waals surface area contributed by atoms with Crippen molar-refractivity contribution in [1.29, 1.82) is 0 Å². The summed E-state index contributed by atoms with van der Waals surface area (Å²) in [6.45, 7) is 0. The molecule has 3 unspecified atom stereocenters. The SMILES string of the molecule is NC(CC1CCCC(CCP(=O)(O)O)C1)C(=O)O. The molecule has 0 radical (unpaired) electrons. The maximum absolute atomic E-state index is 10.8. The minimum atomic E-state index is -3.91. The third-order valence-corrected chi connectivity index (χ3v) is 4.47. The predicted octanol–water partition coefficient (Wildman–Crippen LogP) is 1.16. The topological polar surface area (TPSA) is 121 Å². The number of aliphatic carboxylic acids is 1. The fourth-order valence-corrected chi connectivity index (χ4v) is 3.39. The highest BCUT2D eigenvalue weighted by molar-refractivity contribution is 7.51. The molecular weight excluding hydrogens is 257 g/mol. The number of carbonyl (C=O) groups is 1. The molecule has 7 heteroatoms. The van der Waals surface area contributed by atoms with Gasteiger partial charge in [-0.3, -0.25) is 9.36 Å². The van der Waals surface area contributed by atoms with E-state index in [9.17, 15) is 9.36 Å². The van der Waals surface area contributed by atoms with Crippen molar-refractivity contribution >= 4 is 13.6 Å². The van der Waals surface area contributed by atoms with E-state index in [-0.39, 0.29) is 18.0 Å². The standard InChI is InChI=1S/C11H22NO5P/c12-10(11(13)14)7-9-3-1-2-8(6-9)4-5-18(15,16)17/h8-10H,1-7,12H2,(H,13,14)(H2,15,16,17). The van der Waals surface area contributed by atoms with E-state index in [1.54, 1.807) is 0 Å². The zero-order valence-electron chi connectivity index (χ0n) is 10.4. The van der Waals surface area contributed by atoms with Crippen LogP contribution in [0.3, 0.4) is 0 Å². The van der Waals surface area contributed by atoms with Crippen molar-refractivity contribution in [1.82, 2.24) is 0 Å². The minimum Gasteiger partial charge on any atom is -0.480 e. The summed E-state index contributed by atoms with van der Waals surface area (Å²) < 4.78 is 10.8. The molecule has 1 saturated carbocycles. The van der Waals surface area contributed by atoms with Crippen molar-refractivity contribution in [3.05, 3.63) is 0 Å². The molecule has 1 fully saturated rings. The molecule has 0 saturated heterocycles. The van der Waals surface area contributed by atoms with Crippen LogP contribution < -0.4 is 5.73 Å². The van der Waals surface area contributed by atoms with Gasteiger partial charge in [-0.15, -0.1) is 0 Å². The number of hydrogen-bond donors (Lipinski definition) is 4. The first-order valence-electron chi connectivity index (χ1n) is 6.31. The second-order valence-corrected chi connectivity index (χ2v) is 7.03. The average Bonchev–Trinajstić information content (AvgIpc) is 2.26. The van der Waals surface area contributed by atoms with Gasteiger partial charge in [-0.2, -0.15) is 0 Å². The molecule has 1 rings (SSSR count). The zero-order valence-corrected chi connectivity index (χ0v) is 11.3. The maximum atomic E-state index is 10.8. The fraction of sp³-hybridized carbons (Fsp3) is 0.909. The molecule has 0 aromatic carbocycles. The summed E-state index contributed by atoms with van der Waals surface area (Å²) >= 11 is 0. The van der Waals surface area contributed by atoms with Crippen molar-refractivity contribution in [2.45, 2.75) is 44.6 Å². The molecule has 6 nitrogen and oxygen atoms in total. The fourth-order valence-electron chi connectivity index (χ4n) is 2.69. The maximum Gasteiger partial charge on any atom is 0.325 e. The summed E-state index contributed by atoms with van der Waals surface area (Å²) in [5.74, 6) is -0.420. The van der Waals surface area contributed by atoms with E-state index in [2.05, 4.69) is 0 Å². The molecule has 1 aliphatic carbocycles. The van der Waals surface area contributed by atoms with Gasteiger partial charge in [-0.05, 0) is 31.1 Å². The lowest BCUT2D eigenvalue weighted by Gasteiger charge is -2.30. The van der Waals surface area contributed by atoms with Gasteiger partial charge in [0, 0.05) is 0 Å². The van der Waals surface area contributed by atoms with Crippen molar-refractivity contribution in [3.8, 4) is 0 Å². The van der Waals surface area contributed by atoms with Crippen LogP contribution in [0.15, 0.2) is 0 Å². The molecule has 0 aliphatic heterocycles. The lowest BCUT2D eigenvalue weighted by molar-refractivity contribution is -0.139. The first-order valence-corrected chi connectivity index (χ1v) is 8.10. The van der Waals surface area contributed by atoms with Crippen molar-refractivity contribution in [2.75, 3.05) is 6.16 Å². The Morgan fingerprint density at radius 3 is 2.50 bits per heavy atom. The minimum absolute atomic E-state index is 0.0740. The number of hydrogen-bond acceptors (Lipinski definition) is 3. The molecule has 106 valence electrons. The van der Waals surface area contributed by atoms with Crippen molar-refractivity contribution in [3.63, 3.8) is 0 Å². The van der Waals surface area contributed by atoms with E-state index in [4.69, 9.17) is 20.6 Å². The Morgan fingerprint density at radius 1 is 1.33 bits per heavy atom. The first-order chi connectivity index (χ1) is 8.28. The molecule has 0 amide bonds. The number of nitrogens with two attached hydrogens (primary N) is 1. The van der Waals surface area contributed by atoms with Crippen LogP contribution in [0.4, 0.5) is 0 Å². The highest BCUT2D eigenvalue weighted by Crippen LogP contribution is 2.40. The second-order valence-electron chi connectivity index (χ2n) is 5.26.